The van der Waals surface area contributed by atoms with Gasteiger partial charge in [-0.2, -0.15) is 11.8 Å². The summed E-state index contributed by atoms with van der Waals surface area (Å²) in [5.41, 5.74) is 1.42. The van der Waals surface area contributed by atoms with Gasteiger partial charge in [-0.25, -0.2) is 0 Å². The Bertz CT molecular complexity index is 470. The maximum absolute atomic E-state index is 10.4. The third kappa shape index (κ3) is 3.59. The van der Waals surface area contributed by atoms with Crippen molar-refractivity contribution in [1.29, 1.82) is 0 Å². The Balaban J connectivity index is 1.90. The van der Waals surface area contributed by atoms with Crippen LogP contribution in [0, 0.1) is 0 Å². The number of pyridine rings is 1. The standard InChI is InChI=1S/C15H17NOS/c1-15(17,14-5-3-2-4-6-14)12-18-11-13-7-9-16-10-8-13/h2-10,17H,11-12H2,1H3. The van der Waals surface area contributed by atoms with E-state index in [1.165, 1.54) is 5.56 Å². The predicted molar refractivity (Wildman–Crippen MR) is 76.4 cm³/mol. The molecule has 2 nitrogen and oxygen atoms in total. The van der Waals surface area contributed by atoms with Crippen LogP contribution >= 0.6 is 11.8 Å². The van der Waals surface area contributed by atoms with Crippen LogP contribution in [0.4, 0.5) is 0 Å². The van der Waals surface area contributed by atoms with Gasteiger partial charge in [-0.05, 0) is 30.2 Å². The molecule has 1 aromatic carbocycles. The van der Waals surface area contributed by atoms with E-state index >= 15 is 0 Å². The van der Waals surface area contributed by atoms with Gasteiger partial charge in [0.25, 0.3) is 0 Å². The first-order chi connectivity index (χ1) is 8.68. The summed E-state index contributed by atoms with van der Waals surface area (Å²) < 4.78 is 0. The molecule has 1 N–H and O–H groups in total. The first kappa shape index (κ1) is 13.1. The third-order valence-electron chi connectivity index (χ3n) is 2.80. The molecule has 0 fully saturated rings. The lowest BCUT2D eigenvalue weighted by Crippen LogP contribution is -2.24. The molecule has 0 bridgehead atoms. The molecule has 0 aliphatic carbocycles. The second-order valence-corrected chi connectivity index (χ2v) is 5.47. The summed E-state index contributed by atoms with van der Waals surface area (Å²) in [5, 5.41) is 10.4. The van der Waals surface area contributed by atoms with Crippen molar-refractivity contribution < 1.29 is 5.11 Å². The van der Waals surface area contributed by atoms with Gasteiger partial charge in [-0.15, -0.1) is 0 Å². The molecule has 2 aromatic rings. The van der Waals surface area contributed by atoms with E-state index < -0.39 is 5.60 Å². The van der Waals surface area contributed by atoms with E-state index in [1.807, 2.05) is 49.4 Å². The Kier molecular flexibility index (Phi) is 4.39. The van der Waals surface area contributed by atoms with Gasteiger partial charge >= 0.3 is 0 Å². The fourth-order valence-electron chi connectivity index (χ4n) is 1.73. The van der Waals surface area contributed by atoms with Gasteiger partial charge in [0.15, 0.2) is 0 Å². The molecule has 0 saturated carbocycles. The van der Waals surface area contributed by atoms with Crippen molar-refractivity contribution in [2.45, 2.75) is 18.3 Å². The summed E-state index contributed by atoms with van der Waals surface area (Å²) in [6.45, 7) is 1.86. The molecule has 1 heterocycles. The Labute approximate surface area is 112 Å². The van der Waals surface area contributed by atoms with E-state index in [1.54, 1.807) is 24.2 Å². The second kappa shape index (κ2) is 6.03. The molecule has 1 aromatic heterocycles. The van der Waals surface area contributed by atoms with Crippen LogP contribution in [0.25, 0.3) is 0 Å². The third-order valence-corrected chi connectivity index (χ3v) is 4.10. The molecule has 3 heteroatoms. The highest BCUT2D eigenvalue weighted by Gasteiger charge is 2.22. The van der Waals surface area contributed by atoms with Crippen LogP contribution in [0.3, 0.4) is 0 Å². The maximum Gasteiger partial charge on any atom is 0.0958 e. The molecule has 18 heavy (non-hydrogen) atoms. The van der Waals surface area contributed by atoms with Crippen molar-refractivity contribution in [3.63, 3.8) is 0 Å². The first-order valence-corrected chi connectivity index (χ1v) is 7.08. The summed E-state index contributed by atoms with van der Waals surface area (Å²) in [4.78, 5) is 3.99. The molecule has 0 spiro atoms. The summed E-state index contributed by atoms with van der Waals surface area (Å²) in [7, 11) is 0. The Morgan fingerprint density at radius 1 is 1.11 bits per heavy atom. The fraction of sp³-hybridized carbons (Fsp3) is 0.267. The van der Waals surface area contributed by atoms with E-state index in [0.29, 0.717) is 5.75 Å². The van der Waals surface area contributed by atoms with E-state index in [9.17, 15) is 5.11 Å². The van der Waals surface area contributed by atoms with Gasteiger partial charge in [0.1, 0.15) is 0 Å². The minimum Gasteiger partial charge on any atom is -0.385 e. The number of hydrogen-bond acceptors (Lipinski definition) is 3. The zero-order chi connectivity index (χ0) is 12.8. The number of aliphatic hydroxyl groups is 1. The highest BCUT2D eigenvalue weighted by molar-refractivity contribution is 7.98. The smallest absolute Gasteiger partial charge is 0.0958 e. The average molecular weight is 259 g/mol. The zero-order valence-corrected chi connectivity index (χ0v) is 11.2. The van der Waals surface area contributed by atoms with Gasteiger partial charge < -0.3 is 5.11 Å². The molecule has 0 amide bonds. The van der Waals surface area contributed by atoms with Gasteiger partial charge in [-0.1, -0.05) is 30.3 Å². The van der Waals surface area contributed by atoms with Crippen molar-refractivity contribution in [3.8, 4) is 0 Å². The molecule has 0 aliphatic rings. The van der Waals surface area contributed by atoms with Crippen LogP contribution in [0.2, 0.25) is 0 Å². The van der Waals surface area contributed by atoms with Crippen molar-refractivity contribution in [2.24, 2.45) is 0 Å². The predicted octanol–water partition coefficient (Wildman–Crippen LogP) is 3.22. The summed E-state index contributed by atoms with van der Waals surface area (Å²) in [5.74, 6) is 1.57. The lowest BCUT2D eigenvalue weighted by Gasteiger charge is -2.23. The average Bonchev–Trinajstić information content (AvgIpc) is 2.41. The lowest BCUT2D eigenvalue weighted by atomic mass is 9.99. The van der Waals surface area contributed by atoms with Gasteiger partial charge in [-0.3, -0.25) is 4.98 Å². The number of benzene rings is 1. The second-order valence-electron chi connectivity index (χ2n) is 4.49. The van der Waals surface area contributed by atoms with Crippen LogP contribution in [-0.2, 0) is 11.4 Å². The molecule has 0 saturated heterocycles. The van der Waals surface area contributed by atoms with Crippen LogP contribution in [0.15, 0.2) is 54.9 Å². The van der Waals surface area contributed by atoms with E-state index in [2.05, 4.69) is 4.98 Å². The maximum atomic E-state index is 10.4. The van der Waals surface area contributed by atoms with Gasteiger partial charge in [0, 0.05) is 23.9 Å². The summed E-state index contributed by atoms with van der Waals surface area (Å²) >= 11 is 1.73. The molecule has 2 rings (SSSR count). The lowest BCUT2D eigenvalue weighted by molar-refractivity contribution is 0.0839. The van der Waals surface area contributed by atoms with Gasteiger partial charge in [0.2, 0.25) is 0 Å². The molecular weight excluding hydrogens is 242 g/mol. The van der Waals surface area contributed by atoms with Crippen molar-refractivity contribution >= 4 is 11.8 Å². The number of thioether (sulfide) groups is 1. The van der Waals surface area contributed by atoms with Crippen LogP contribution in [0.1, 0.15) is 18.1 Å². The number of aromatic nitrogens is 1. The first-order valence-electron chi connectivity index (χ1n) is 5.93. The molecule has 0 radical (unpaired) electrons. The number of nitrogens with zero attached hydrogens (tertiary/aromatic N) is 1. The minimum absolute atomic E-state index is 0.680. The topological polar surface area (TPSA) is 33.1 Å². The highest BCUT2D eigenvalue weighted by atomic mass is 32.2. The monoisotopic (exact) mass is 259 g/mol. The minimum atomic E-state index is -0.779. The fourth-order valence-corrected chi connectivity index (χ4v) is 2.82. The van der Waals surface area contributed by atoms with E-state index in [-0.39, 0.29) is 0 Å². The van der Waals surface area contributed by atoms with Crippen LogP contribution in [-0.4, -0.2) is 15.8 Å². The number of hydrogen-bond donors (Lipinski definition) is 1. The van der Waals surface area contributed by atoms with Crippen LogP contribution in [0.5, 0.6) is 0 Å². The Morgan fingerprint density at radius 2 is 1.78 bits per heavy atom. The summed E-state index contributed by atoms with van der Waals surface area (Å²) in [6.07, 6.45) is 3.59. The molecule has 94 valence electrons. The highest BCUT2D eigenvalue weighted by Crippen LogP contribution is 2.26. The normalized spacial score (nSPS) is 14.1. The Morgan fingerprint density at radius 3 is 2.44 bits per heavy atom. The Hall–Kier alpha value is -1.32. The quantitative estimate of drug-likeness (QED) is 0.895. The number of rotatable bonds is 5. The molecular formula is C15H17NOS. The zero-order valence-electron chi connectivity index (χ0n) is 10.4. The van der Waals surface area contributed by atoms with Gasteiger partial charge in [0.05, 0.1) is 5.60 Å². The van der Waals surface area contributed by atoms with Crippen LogP contribution < -0.4 is 0 Å². The van der Waals surface area contributed by atoms with E-state index in [0.717, 1.165) is 11.3 Å². The van der Waals surface area contributed by atoms with Crippen molar-refractivity contribution in [2.75, 3.05) is 5.75 Å². The van der Waals surface area contributed by atoms with Crippen molar-refractivity contribution in [3.05, 3.63) is 66.0 Å². The SMILES string of the molecule is CC(O)(CSCc1ccncc1)c1ccccc1. The van der Waals surface area contributed by atoms with Crippen molar-refractivity contribution in [1.82, 2.24) is 4.98 Å². The van der Waals surface area contributed by atoms with E-state index in [4.69, 9.17) is 0 Å². The molecule has 0 aliphatic heterocycles. The molecule has 1 atom stereocenters. The largest absolute Gasteiger partial charge is 0.385 e. The molecule has 1 unspecified atom stereocenters. The summed E-state index contributed by atoms with van der Waals surface area (Å²) in [6, 6.07) is 13.8.